The van der Waals surface area contributed by atoms with Crippen molar-refractivity contribution in [2.45, 2.75) is 45.1 Å². The van der Waals surface area contributed by atoms with Crippen LogP contribution in [0.4, 0.5) is 11.4 Å². The number of unbranched alkanes of at least 4 members (excludes halogenated alkanes) is 1. The molecule has 5 rings (SSSR count). The molecule has 1 aliphatic heterocycles. The van der Waals surface area contributed by atoms with Crippen molar-refractivity contribution in [3.8, 4) is 0 Å². The molecule has 0 bridgehead atoms. The topological polar surface area (TPSA) is 65.8 Å². The van der Waals surface area contributed by atoms with Crippen molar-refractivity contribution in [2.75, 3.05) is 29.9 Å². The predicted molar refractivity (Wildman–Crippen MR) is 160 cm³/mol. The molecule has 6 nitrogen and oxygen atoms in total. The van der Waals surface area contributed by atoms with Crippen LogP contribution in [0.5, 0.6) is 0 Å². The van der Waals surface area contributed by atoms with E-state index in [0.29, 0.717) is 17.8 Å². The van der Waals surface area contributed by atoms with Crippen LogP contribution >= 0.6 is 0 Å². The number of hydrogen-bond acceptors (Lipinski definition) is 4. The van der Waals surface area contributed by atoms with Crippen molar-refractivity contribution >= 4 is 23.2 Å². The molecular weight excluding hydrogens is 498 g/mol. The molecule has 0 radical (unpaired) electrons. The van der Waals surface area contributed by atoms with E-state index >= 15 is 0 Å². The highest BCUT2D eigenvalue weighted by Crippen LogP contribution is 2.31. The molecule has 1 saturated heterocycles. The third-order valence-electron chi connectivity index (χ3n) is 7.46. The highest BCUT2D eigenvalue weighted by Gasteiger charge is 2.27. The Balaban J connectivity index is 1.49. The minimum atomic E-state index is -0.472. The molecule has 0 aliphatic carbocycles. The summed E-state index contributed by atoms with van der Waals surface area (Å²) in [5.74, 6) is 0.247. The lowest BCUT2D eigenvalue weighted by molar-refractivity contribution is -0.116. The summed E-state index contributed by atoms with van der Waals surface area (Å²) in [4.78, 5) is 31.8. The molecule has 3 aromatic carbocycles. The van der Waals surface area contributed by atoms with E-state index in [2.05, 4.69) is 17.1 Å². The number of carbonyl (C=O) groups excluding carboxylic acids is 2. The van der Waals surface area contributed by atoms with Crippen LogP contribution < -0.4 is 10.2 Å². The number of amides is 2. The van der Waals surface area contributed by atoms with Gasteiger partial charge in [0.25, 0.3) is 5.91 Å². The first kappa shape index (κ1) is 27.3. The average molecular weight is 536 g/mol. The van der Waals surface area contributed by atoms with Gasteiger partial charge in [-0.15, -0.1) is 0 Å². The van der Waals surface area contributed by atoms with Gasteiger partial charge in [-0.25, -0.2) is 0 Å². The van der Waals surface area contributed by atoms with Crippen molar-refractivity contribution in [1.29, 1.82) is 0 Å². The summed E-state index contributed by atoms with van der Waals surface area (Å²) in [5, 5.41) is 3.13. The second-order valence-corrected chi connectivity index (χ2v) is 10.3. The number of benzene rings is 3. The van der Waals surface area contributed by atoms with Gasteiger partial charge >= 0.3 is 0 Å². The zero-order valence-corrected chi connectivity index (χ0v) is 23.1. The molecule has 1 fully saturated rings. The second kappa shape index (κ2) is 13.2. The Morgan fingerprint density at radius 1 is 0.900 bits per heavy atom. The Hall–Kier alpha value is -4.32. The van der Waals surface area contributed by atoms with Gasteiger partial charge in [0.1, 0.15) is 5.76 Å². The third-order valence-corrected chi connectivity index (χ3v) is 7.46. The fourth-order valence-corrected chi connectivity index (χ4v) is 5.38. The molecule has 4 aromatic rings. The molecule has 0 saturated carbocycles. The van der Waals surface area contributed by atoms with Crippen LogP contribution in [0.25, 0.3) is 0 Å². The van der Waals surface area contributed by atoms with E-state index in [0.717, 1.165) is 67.9 Å². The Bertz CT molecular complexity index is 1340. The fourth-order valence-electron chi connectivity index (χ4n) is 5.38. The maximum absolute atomic E-state index is 13.8. The zero-order chi connectivity index (χ0) is 27.7. The Morgan fingerprint density at radius 3 is 2.17 bits per heavy atom. The normalized spacial score (nSPS) is 13.0. The van der Waals surface area contributed by atoms with Crippen molar-refractivity contribution in [3.05, 3.63) is 120 Å². The van der Waals surface area contributed by atoms with Crippen LogP contribution in [0.3, 0.4) is 0 Å². The summed E-state index contributed by atoms with van der Waals surface area (Å²) in [7, 11) is 0. The fraction of sp³-hybridized carbons (Fsp3) is 0.294. The molecule has 1 N–H and O–H groups in total. The summed E-state index contributed by atoms with van der Waals surface area (Å²) in [5.41, 5.74) is 3.92. The number of furan rings is 1. The lowest BCUT2D eigenvalue weighted by atomic mass is 9.90. The second-order valence-electron chi connectivity index (χ2n) is 10.3. The molecule has 206 valence electrons. The molecule has 2 amide bonds. The Labute approximate surface area is 236 Å². The van der Waals surface area contributed by atoms with Crippen LogP contribution in [0.15, 0.2) is 102 Å². The number of nitrogens with zero attached hydrogens (tertiary/aromatic N) is 2. The van der Waals surface area contributed by atoms with E-state index in [1.54, 1.807) is 6.26 Å². The molecule has 40 heavy (non-hydrogen) atoms. The van der Waals surface area contributed by atoms with Gasteiger partial charge < -0.3 is 19.5 Å². The minimum Gasteiger partial charge on any atom is -0.467 e. The van der Waals surface area contributed by atoms with Crippen molar-refractivity contribution in [2.24, 2.45) is 0 Å². The van der Waals surface area contributed by atoms with Crippen molar-refractivity contribution in [1.82, 2.24) is 4.90 Å². The van der Waals surface area contributed by atoms with Gasteiger partial charge in [0.2, 0.25) is 5.91 Å². The first-order valence-electron chi connectivity index (χ1n) is 14.3. The molecule has 0 atom stereocenters. The highest BCUT2D eigenvalue weighted by atomic mass is 16.3. The van der Waals surface area contributed by atoms with E-state index in [1.165, 1.54) is 0 Å². The van der Waals surface area contributed by atoms with Crippen LogP contribution in [-0.4, -0.2) is 36.3 Å². The largest absolute Gasteiger partial charge is 0.467 e. The quantitative estimate of drug-likeness (QED) is 0.223. The van der Waals surface area contributed by atoms with Crippen molar-refractivity contribution in [3.63, 3.8) is 0 Å². The number of anilines is 2. The number of rotatable bonds is 11. The minimum absolute atomic E-state index is 0.00668. The predicted octanol–water partition coefficient (Wildman–Crippen LogP) is 7.09. The summed E-state index contributed by atoms with van der Waals surface area (Å²) in [6.07, 6.45) is 5.74. The third kappa shape index (κ3) is 6.45. The van der Waals surface area contributed by atoms with Gasteiger partial charge in [0, 0.05) is 25.3 Å². The first-order valence-corrected chi connectivity index (χ1v) is 14.3. The molecule has 2 heterocycles. The van der Waals surface area contributed by atoms with Gasteiger partial charge in [-0.05, 0) is 60.7 Å². The monoisotopic (exact) mass is 535 g/mol. The number of nitrogens with one attached hydrogen (secondary N) is 1. The van der Waals surface area contributed by atoms with Gasteiger partial charge in [-0.2, -0.15) is 0 Å². The van der Waals surface area contributed by atoms with Gasteiger partial charge in [-0.1, -0.05) is 74.0 Å². The molecule has 1 aromatic heterocycles. The maximum atomic E-state index is 13.8. The van der Waals surface area contributed by atoms with Crippen LogP contribution in [0, 0.1) is 0 Å². The van der Waals surface area contributed by atoms with E-state index < -0.39 is 5.92 Å². The standard InChI is InChI=1S/C34H37N3O3/c1-2-3-20-37(25-29-17-12-23-40-29)31-19-18-28(24-30(31)34(39)36-21-10-11-22-36)35-33(38)32(26-13-6-4-7-14-26)27-15-8-5-9-16-27/h4-9,12-19,23-24,32H,2-3,10-11,20-22,25H2,1H3,(H,35,38). The van der Waals surface area contributed by atoms with Gasteiger partial charge in [-0.3, -0.25) is 9.59 Å². The zero-order valence-electron chi connectivity index (χ0n) is 23.1. The van der Waals surface area contributed by atoms with E-state index in [1.807, 2.05) is 95.9 Å². The summed E-state index contributed by atoms with van der Waals surface area (Å²) < 4.78 is 5.66. The van der Waals surface area contributed by atoms with E-state index in [9.17, 15) is 9.59 Å². The summed E-state index contributed by atoms with van der Waals surface area (Å²) in [6.45, 7) is 5.05. The highest BCUT2D eigenvalue weighted by molar-refractivity contribution is 6.03. The SMILES string of the molecule is CCCCN(Cc1ccco1)c1ccc(NC(=O)C(c2ccccc2)c2ccccc2)cc1C(=O)N1CCCC1. The number of hydrogen-bond donors (Lipinski definition) is 1. The van der Waals surface area contributed by atoms with Crippen LogP contribution in [0.2, 0.25) is 0 Å². The molecule has 0 spiro atoms. The molecule has 6 heteroatoms. The first-order chi connectivity index (χ1) is 19.6. The summed E-state index contributed by atoms with van der Waals surface area (Å²) >= 11 is 0. The molecular formula is C34H37N3O3. The molecule has 1 aliphatic rings. The van der Waals surface area contributed by atoms with Crippen LogP contribution in [0.1, 0.15) is 65.8 Å². The Morgan fingerprint density at radius 2 is 1.57 bits per heavy atom. The van der Waals surface area contributed by atoms with Crippen molar-refractivity contribution < 1.29 is 14.0 Å². The lowest BCUT2D eigenvalue weighted by Gasteiger charge is -2.28. The Kier molecular flexibility index (Phi) is 8.96. The number of carbonyl (C=O) groups is 2. The lowest BCUT2D eigenvalue weighted by Crippen LogP contribution is -2.32. The number of likely N-dealkylation sites (tertiary alicyclic amines) is 1. The van der Waals surface area contributed by atoms with E-state index in [4.69, 9.17) is 4.42 Å². The van der Waals surface area contributed by atoms with Crippen LogP contribution in [-0.2, 0) is 11.3 Å². The van der Waals surface area contributed by atoms with Gasteiger partial charge in [0.15, 0.2) is 0 Å². The van der Waals surface area contributed by atoms with E-state index in [-0.39, 0.29) is 11.8 Å². The smallest absolute Gasteiger partial charge is 0.256 e. The molecule has 0 unspecified atom stereocenters. The maximum Gasteiger partial charge on any atom is 0.256 e. The average Bonchev–Trinajstić information content (AvgIpc) is 3.71. The van der Waals surface area contributed by atoms with Gasteiger partial charge in [0.05, 0.1) is 30.0 Å². The summed E-state index contributed by atoms with van der Waals surface area (Å²) in [6, 6.07) is 29.2.